The number of nitrogens with zero attached hydrogens (tertiary/aromatic N) is 3. The topological polar surface area (TPSA) is 71.8 Å². The summed E-state index contributed by atoms with van der Waals surface area (Å²) in [6.45, 7) is 0. The van der Waals surface area contributed by atoms with Crippen LogP contribution in [0.1, 0.15) is 22.7 Å². The Balaban J connectivity index is 1.41. The van der Waals surface area contributed by atoms with Crippen LogP contribution in [0.3, 0.4) is 0 Å². The zero-order valence-electron chi connectivity index (χ0n) is 17.8. The predicted molar refractivity (Wildman–Crippen MR) is 137 cm³/mol. The van der Waals surface area contributed by atoms with Crippen molar-refractivity contribution in [3.05, 3.63) is 118 Å². The molecule has 0 fully saturated rings. The Labute approximate surface area is 206 Å². The molecular weight excluding hydrogens is 469 g/mol. The molecule has 1 amide bonds. The lowest BCUT2D eigenvalue weighted by atomic mass is 10.0. The van der Waals surface area contributed by atoms with Gasteiger partial charge >= 0.3 is 0 Å². The van der Waals surface area contributed by atoms with Crippen molar-refractivity contribution in [2.45, 2.75) is 6.04 Å². The molecule has 5 rings (SSSR count). The fourth-order valence-electron chi connectivity index (χ4n) is 3.63. The lowest BCUT2D eigenvalue weighted by molar-refractivity contribution is -0.111. The van der Waals surface area contributed by atoms with Crippen LogP contribution in [0.5, 0.6) is 0 Å². The number of allylic oxidation sites excluding steroid dienone is 1. The molecule has 6 nitrogen and oxygen atoms in total. The Hall–Kier alpha value is -3.87. The zero-order valence-corrected chi connectivity index (χ0v) is 19.3. The maximum Gasteiger partial charge on any atom is 0.250 e. The molecule has 8 heteroatoms. The van der Waals surface area contributed by atoms with E-state index in [-0.39, 0.29) is 17.9 Å². The van der Waals surface area contributed by atoms with E-state index in [1.54, 1.807) is 22.9 Å². The van der Waals surface area contributed by atoms with Crippen LogP contribution in [-0.2, 0) is 4.79 Å². The summed E-state index contributed by atoms with van der Waals surface area (Å²) >= 11 is 12.0. The van der Waals surface area contributed by atoms with Crippen LogP contribution in [0, 0.1) is 0 Å². The maximum atomic E-state index is 12.5. The van der Waals surface area contributed by atoms with Crippen LogP contribution in [0.4, 0.5) is 11.9 Å². The van der Waals surface area contributed by atoms with Crippen LogP contribution in [-0.4, -0.2) is 20.7 Å². The molecule has 1 unspecified atom stereocenters. The molecule has 0 saturated heterocycles. The highest BCUT2D eigenvalue weighted by atomic mass is 35.5. The number of aromatic nitrogens is 3. The van der Waals surface area contributed by atoms with Crippen LogP contribution in [0.2, 0.25) is 10.0 Å². The average Bonchev–Trinajstić information content (AvgIpc) is 3.26. The molecule has 0 spiro atoms. The van der Waals surface area contributed by atoms with E-state index in [4.69, 9.17) is 23.2 Å². The van der Waals surface area contributed by atoms with E-state index in [2.05, 4.69) is 26.8 Å². The number of hydrogen-bond acceptors (Lipinski definition) is 4. The van der Waals surface area contributed by atoms with Gasteiger partial charge in [-0.1, -0.05) is 77.8 Å². The monoisotopic (exact) mass is 487 g/mol. The van der Waals surface area contributed by atoms with Gasteiger partial charge in [-0.2, -0.15) is 4.98 Å². The molecule has 1 atom stereocenters. The molecular formula is C26H19Cl2N5O. The highest BCUT2D eigenvalue weighted by Gasteiger charge is 2.25. The van der Waals surface area contributed by atoms with Gasteiger partial charge in [0.1, 0.15) is 6.04 Å². The van der Waals surface area contributed by atoms with Gasteiger partial charge in [0, 0.05) is 21.8 Å². The van der Waals surface area contributed by atoms with Gasteiger partial charge in [-0.25, -0.2) is 4.68 Å². The Bertz CT molecular complexity index is 1380. The Morgan fingerprint density at radius 1 is 0.941 bits per heavy atom. The smallest absolute Gasteiger partial charge is 0.250 e. The predicted octanol–water partition coefficient (Wildman–Crippen LogP) is 6.29. The SMILES string of the molecule is O=C(C=Cc1ccc(Cl)cc1)Nc1nc2n(n1)C(c1ccccc1)C=C(c1ccc(Cl)cc1)N2. The molecule has 168 valence electrons. The standard InChI is InChI=1S/C26H19Cl2N5O/c27-20-11-6-17(7-12-20)8-15-24(34)30-25-31-26-29-22(18-9-13-21(28)14-10-18)16-23(33(26)32-25)19-4-2-1-3-5-19/h1-16,23H,(H2,29,30,31,32,34). The van der Waals surface area contributed by atoms with E-state index in [0.29, 0.717) is 16.0 Å². The van der Waals surface area contributed by atoms with E-state index in [1.165, 1.54) is 6.08 Å². The van der Waals surface area contributed by atoms with Crippen LogP contribution in [0.15, 0.2) is 91.0 Å². The second kappa shape index (κ2) is 9.55. The van der Waals surface area contributed by atoms with Gasteiger partial charge < -0.3 is 5.32 Å². The molecule has 0 saturated carbocycles. The van der Waals surface area contributed by atoms with Gasteiger partial charge in [0.05, 0.1) is 0 Å². The van der Waals surface area contributed by atoms with Crippen molar-refractivity contribution in [1.82, 2.24) is 14.8 Å². The third-order valence-electron chi connectivity index (χ3n) is 5.29. The number of hydrogen-bond donors (Lipinski definition) is 2. The van der Waals surface area contributed by atoms with E-state index >= 15 is 0 Å². The Kier molecular flexibility index (Phi) is 6.16. The second-order valence-corrected chi connectivity index (χ2v) is 8.52. The lowest BCUT2D eigenvalue weighted by Gasteiger charge is -2.24. The summed E-state index contributed by atoms with van der Waals surface area (Å²) in [7, 11) is 0. The van der Waals surface area contributed by atoms with Gasteiger partial charge in [0.25, 0.3) is 11.9 Å². The van der Waals surface area contributed by atoms with Crippen LogP contribution in [0.25, 0.3) is 11.8 Å². The van der Waals surface area contributed by atoms with Crippen molar-refractivity contribution < 1.29 is 4.79 Å². The summed E-state index contributed by atoms with van der Waals surface area (Å²) < 4.78 is 1.76. The first-order valence-corrected chi connectivity index (χ1v) is 11.3. The fourth-order valence-corrected chi connectivity index (χ4v) is 3.88. The first-order chi connectivity index (χ1) is 16.5. The maximum absolute atomic E-state index is 12.5. The summed E-state index contributed by atoms with van der Waals surface area (Å²) in [6, 6.07) is 24.6. The normalized spacial score (nSPS) is 14.9. The number of anilines is 2. The van der Waals surface area contributed by atoms with Gasteiger partial charge in [0.2, 0.25) is 5.95 Å². The molecule has 0 bridgehead atoms. The molecule has 3 aromatic carbocycles. The molecule has 1 aromatic heterocycles. The van der Waals surface area contributed by atoms with E-state index < -0.39 is 0 Å². The third kappa shape index (κ3) is 4.88. The molecule has 0 radical (unpaired) electrons. The van der Waals surface area contributed by atoms with E-state index in [1.807, 2.05) is 66.7 Å². The van der Waals surface area contributed by atoms with Crippen molar-refractivity contribution in [3.8, 4) is 0 Å². The highest BCUT2D eigenvalue weighted by Crippen LogP contribution is 2.33. The van der Waals surface area contributed by atoms with Gasteiger partial charge in [-0.15, -0.1) is 5.10 Å². The fraction of sp³-hybridized carbons (Fsp3) is 0.0385. The Morgan fingerprint density at radius 3 is 2.32 bits per heavy atom. The first kappa shape index (κ1) is 21.9. The first-order valence-electron chi connectivity index (χ1n) is 10.6. The zero-order chi connectivity index (χ0) is 23.5. The van der Waals surface area contributed by atoms with Crippen molar-refractivity contribution in [2.75, 3.05) is 10.6 Å². The Morgan fingerprint density at radius 2 is 1.62 bits per heavy atom. The van der Waals surface area contributed by atoms with Crippen molar-refractivity contribution in [2.24, 2.45) is 0 Å². The molecule has 0 aliphatic carbocycles. The number of carbonyl (C=O) groups excluding carboxylic acids is 1. The van der Waals surface area contributed by atoms with Gasteiger partial charge in [0.15, 0.2) is 0 Å². The minimum absolute atomic E-state index is 0.203. The average molecular weight is 488 g/mol. The summed E-state index contributed by atoms with van der Waals surface area (Å²) in [5.41, 5.74) is 3.75. The molecule has 1 aliphatic rings. The summed E-state index contributed by atoms with van der Waals surface area (Å²) in [5.74, 6) is 0.401. The second-order valence-electron chi connectivity index (χ2n) is 7.65. The van der Waals surface area contributed by atoms with Crippen molar-refractivity contribution in [3.63, 3.8) is 0 Å². The highest BCUT2D eigenvalue weighted by molar-refractivity contribution is 6.30. The van der Waals surface area contributed by atoms with E-state index in [0.717, 1.165) is 22.4 Å². The third-order valence-corrected chi connectivity index (χ3v) is 5.80. The number of rotatable bonds is 5. The van der Waals surface area contributed by atoms with Crippen molar-refractivity contribution >= 4 is 52.8 Å². The van der Waals surface area contributed by atoms with Gasteiger partial charge in [-0.05, 0) is 53.1 Å². The minimum Gasteiger partial charge on any atom is -0.324 e. The largest absolute Gasteiger partial charge is 0.324 e. The quantitative estimate of drug-likeness (QED) is 0.324. The molecule has 2 N–H and O–H groups in total. The lowest BCUT2D eigenvalue weighted by Crippen LogP contribution is -2.20. The molecule has 34 heavy (non-hydrogen) atoms. The summed E-state index contributed by atoms with van der Waals surface area (Å²) in [5, 5.41) is 11.9. The molecule has 4 aromatic rings. The van der Waals surface area contributed by atoms with Crippen LogP contribution < -0.4 is 10.6 Å². The van der Waals surface area contributed by atoms with Crippen LogP contribution >= 0.6 is 23.2 Å². The minimum atomic E-state index is -0.333. The summed E-state index contributed by atoms with van der Waals surface area (Å²) in [6.07, 6.45) is 5.21. The number of halogens is 2. The van der Waals surface area contributed by atoms with E-state index in [9.17, 15) is 4.79 Å². The molecule has 2 heterocycles. The van der Waals surface area contributed by atoms with Crippen molar-refractivity contribution in [1.29, 1.82) is 0 Å². The number of fused-ring (bicyclic) bond motifs is 1. The summed E-state index contributed by atoms with van der Waals surface area (Å²) in [4.78, 5) is 17.0. The number of benzene rings is 3. The number of carbonyl (C=O) groups is 1. The molecule has 1 aliphatic heterocycles. The number of amides is 1. The number of nitrogens with one attached hydrogen (secondary N) is 2. The van der Waals surface area contributed by atoms with Gasteiger partial charge in [-0.3, -0.25) is 10.1 Å².